The summed E-state index contributed by atoms with van der Waals surface area (Å²) >= 11 is 1.67. The van der Waals surface area contributed by atoms with Crippen molar-refractivity contribution in [3.05, 3.63) is 34.4 Å². The Balaban J connectivity index is 2.11. The van der Waals surface area contributed by atoms with Crippen molar-refractivity contribution in [3.8, 4) is 0 Å². The van der Waals surface area contributed by atoms with Crippen LogP contribution in [0, 0.1) is 6.92 Å². The van der Waals surface area contributed by atoms with Crippen molar-refractivity contribution >= 4 is 22.8 Å². The van der Waals surface area contributed by atoms with Crippen LogP contribution in [0.5, 0.6) is 0 Å². The van der Waals surface area contributed by atoms with Crippen LogP contribution >= 0.6 is 11.3 Å². The van der Waals surface area contributed by atoms with Crippen molar-refractivity contribution in [3.63, 3.8) is 0 Å². The molecule has 0 saturated carbocycles. The summed E-state index contributed by atoms with van der Waals surface area (Å²) in [5.74, 6) is 0.919. The fourth-order valence-corrected chi connectivity index (χ4v) is 2.23. The molecule has 0 saturated heterocycles. The molecular formula is C11H14N4S. The molecule has 0 spiro atoms. The third-order valence-electron chi connectivity index (χ3n) is 2.39. The number of nitrogens with zero attached hydrogens (tertiary/aromatic N) is 3. The largest absolute Gasteiger partial charge is 0.397 e. The summed E-state index contributed by atoms with van der Waals surface area (Å²) in [4.78, 5) is 11.9. The van der Waals surface area contributed by atoms with Crippen LogP contribution in [0.2, 0.25) is 0 Å². The number of hydrogen-bond acceptors (Lipinski definition) is 5. The summed E-state index contributed by atoms with van der Waals surface area (Å²) in [5.41, 5.74) is 9.24. The standard InChI is InChI=1S/C11H14N4S/c1-8-10(16-7-14-8)6-15(2)11-4-3-9(12)5-13-11/h3-5,7H,6,12H2,1-2H3. The topological polar surface area (TPSA) is 55.0 Å². The number of aryl methyl sites for hydroxylation is 1. The van der Waals surface area contributed by atoms with E-state index in [4.69, 9.17) is 5.73 Å². The number of pyridine rings is 1. The minimum atomic E-state index is 0.686. The molecule has 16 heavy (non-hydrogen) atoms. The average molecular weight is 234 g/mol. The Morgan fingerprint density at radius 1 is 1.38 bits per heavy atom. The molecule has 2 N–H and O–H groups in total. The zero-order valence-corrected chi connectivity index (χ0v) is 10.2. The molecule has 2 aromatic heterocycles. The zero-order chi connectivity index (χ0) is 11.5. The van der Waals surface area contributed by atoms with Gasteiger partial charge in [-0.05, 0) is 19.1 Å². The molecule has 2 heterocycles. The lowest BCUT2D eigenvalue weighted by atomic mass is 10.3. The van der Waals surface area contributed by atoms with E-state index in [0.29, 0.717) is 5.69 Å². The first-order valence-electron chi connectivity index (χ1n) is 4.98. The van der Waals surface area contributed by atoms with E-state index in [2.05, 4.69) is 14.9 Å². The number of aromatic nitrogens is 2. The van der Waals surface area contributed by atoms with E-state index in [0.717, 1.165) is 18.1 Å². The molecule has 0 fully saturated rings. The van der Waals surface area contributed by atoms with Crippen LogP contribution in [-0.4, -0.2) is 17.0 Å². The minimum Gasteiger partial charge on any atom is -0.397 e. The molecule has 0 atom stereocenters. The molecular weight excluding hydrogens is 220 g/mol. The first-order valence-corrected chi connectivity index (χ1v) is 5.86. The second-order valence-electron chi connectivity index (χ2n) is 3.67. The molecule has 0 radical (unpaired) electrons. The van der Waals surface area contributed by atoms with Gasteiger partial charge in [0.25, 0.3) is 0 Å². The number of nitrogens with two attached hydrogens (primary N) is 1. The van der Waals surface area contributed by atoms with Gasteiger partial charge in [0.2, 0.25) is 0 Å². The predicted octanol–water partition coefficient (Wildman–Crippen LogP) is 2.07. The van der Waals surface area contributed by atoms with E-state index in [9.17, 15) is 0 Å². The second kappa shape index (κ2) is 4.49. The second-order valence-corrected chi connectivity index (χ2v) is 4.61. The highest BCUT2D eigenvalue weighted by Crippen LogP contribution is 2.18. The van der Waals surface area contributed by atoms with E-state index in [1.54, 1.807) is 17.5 Å². The molecule has 0 amide bonds. The Hall–Kier alpha value is -1.62. The van der Waals surface area contributed by atoms with Gasteiger partial charge >= 0.3 is 0 Å². The highest BCUT2D eigenvalue weighted by molar-refractivity contribution is 7.09. The summed E-state index contributed by atoms with van der Waals surface area (Å²) in [6.45, 7) is 2.85. The maximum absolute atomic E-state index is 5.60. The van der Waals surface area contributed by atoms with Gasteiger partial charge in [0.15, 0.2) is 0 Å². The highest BCUT2D eigenvalue weighted by atomic mass is 32.1. The molecule has 84 valence electrons. The van der Waals surface area contributed by atoms with Crippen molar-refractivity contribution in [1.29, 1.82) is 0 Å². The highest BCUT2D eigenvalue weighted by Gasteiger charge is 2.07. The Bertz CT molecular complexity index is 463. The fraction of sp³-hybridized carbons (Fsp3) is 0.273. The number of rotatable bonds is 3. The van der Waals surface area contributed by atoms with E-state index in [-0.39, 0.29) is 0 Å². The molecule has 2 rings (SSSR count). The van der Waals surface area contributed by atoms with E-state index >= 15 is 0 Å². The average Bonchev–Trinajstić information content (AvgIpc) is 2.65. The molecule has 0 unspecified atom stereocenters. The minimum absolute atomic E-state index is 0.686. The number of anilines is 2. The van der Waals surface area contributed by atoms with Crippen molar-refractivity contribution in [2.75, 3.05) is 17.7 Å². The van der Waals surface area contributed by atoms with Crippen molar-refractivity contribution in [1.82, 2.24) is 9.97 Å². The van der Waals surface area contributed by atoms with Crippen LogP contribution in [-0.2, 0) is 6.54 Å². The first-order chi connectivity index (χ1) is 7.66. The molecule has 0 aromatic carbocycles. The summed E-state index contributed by atoms with van der Waals surface area (Å²) in [7, 11) is 2.01. The summed E-state index contributed by atoms with van der Waals surface area (Å²) < 4.78 is 0. The van der Waals surface area contributed by atoms with Gasteiger partial charge in [-0.25, -0.2) is 9.97 Å². The number of hydrogen-bond donors (Lipinski definition) is 1. The Morgan fingerprint density at radius 3 is 2.75 bits per heavy atom. The quantitative estimate of drug-likeness (QED) is 0.883. The summed E-state index contributed by atoms with van der Waals surface area (Å²) in [6.07, 6.45) is 1.67. The molecule has 4 nitrogen and oxygen atoms in total. The molecule has 2 aromatic rings. The Kier molecular flexibility index (Phi) is 3.05. The molecule has 0 aliphatic carbocycles. The van der Waals surface area contributed by atoms with Crippen LogP contribution < -0.4 is 10.6 Å². The lowest BCUT2D eigenvalue weighted by Crippen LogP contribution is -2.17. The number of nitrogen functional groups attached to an aromatic ring is 1. The normalized spacial score (nSPS) is 10.4. The lowest BCUT2D eigenvalue weighted by molar-refractivity contribution is 0.902. The van der Waals surface area contributed by atoms with Gasteiger partial charge in [-0.3, -0.25) is 0 Å². The zero-order valence-electron chi connectivity index (χ0n) is 9.34. The summed E-state index contributed by atoms with van der Waals surface area (Å²) in [5, 5.41) is 0. The van der Waals surface area contributed by atoms with Gasteiger partial charge in [0.1, 0.15) is 5.82 Å². The SMILES string of the molecule is Cc1ncsc1CN(C)c1ccc(N)cn1. The molecule has 0 bridgehead atoms. The predicted molar refractivity (Wildman–Crippen MR) is 67.6 cm³/mol. The monoisotopic (exact) mass is 234 g/mol. The van der Waals surface area contributed by atoms with E-state index in [1.165, 1.54) is 4.88 Å². The van der Waals surface area contributed by atoms with Gasteiger partial charge in [-0.15, -0.1) is 11.3 Å². The van der Waals surface area contributed by atoms with Crippen LogP contribution in [0.3, 0.4) is 0 Å². The lowest BCUT2D eigenvalue weighted by Gasteiger charge is -2.17. The van der Waals surface area contributed by atoms with Crippen LogP contribution in [0.15, 0.2) is 23.8 Å². The fourth-order valence-electron chi connectivity index (χ4n) is 1.40. The maximum atomic E-state index is 5.60. The van der Waals surface area contributed by atoms with Gasteiger partial charge in [-0.2, -0.15) is 0 Å². The van der Waals surface area contributed by atoms with E-state index in [1.807, 2.05) is 31.6 Å². The van der Waals surface area contributed by atoms with Crippen molar-refractivity contribution in [2.24, 2.45) is 0 Å². The van der Waals surface area contributed by atoms with Crippen molar-refractivity contribution < 1.29 is 0 Å². The summed E-state index contributed by atoms with van der Waals surface area (Å²) in [6, 6.07) is 3.78. The Morgan fingerprint density at radius 2 is 2.19 bits per heavy atom. The molecule has 5 heteroatoms. The van der Waals surface area contributed by atoms with Gasteiger partial charge in [-0.1, -0.05) is 0 Å². The third-order valence-corrected chi connectivity index (χ3v) is 3.31. The van der Waals surface area contributed by atoms with E-state index < -0.39 is 0 Å². The smallest absolute Gasteiger partial charge is 0.128 e. The van der Waals surface area contributed by atoms with Gasteiger partial charge < -0.3 is 10.6 Å². The van der Waals surface area contributed by atoms with Gasteiger partial charge in [0, 0.05) is 11.9 Å². The van der Waals surface area contributed by atoms with Gasteiger partial charge in [0.05, 0.1) is 29.6 Å². The van der Waals surface area contributed by atoms with Crippen LogP contribution in [0.25, 0.3) is 0 Å². The number of thiazole rings is 1. The van der Waals surface area contributed by atoms with Crippen LogP contribution in [0.4, 0.5) is 11.5 Å². The first kappa shape index (κ1) is 10.9. The molecule has 0 aliphatic heterocycles. The van der Waals surface area contributed by atoms with Crippen LogP contribution in [0.1, 0.15) is 10.6 Å². The Labute approximate surface area is 98.8 Å². The third kappa shape index (κ3) is 2.30. The molecule has 0 aliphatic rings. The maximum Gasteiger partial charge on any atom is 0.128 e. The van der Waals surface area contributed by atoms with Crippen molar-refractivity contribution in [2.45, 2.75) is 13.5 Å².